The Morgan fingerprint density at radius 3 is 2.72 bits per heavy atom. The number of halogens is 2. The Labute approximate surface area is 145 Å². The number of hydrogen-bond donors (Lipinski definition) is 3. The summed E-state index contributed by atoms with van der Waals surface area (Å²) in [6.07, 6.45) is 2.19. The molecule has 1 aromatic carbocycles. The van der Waals surface area contributed by atoms with Crippen LogP contribution in [-0.4, -0.2) is 29.3 Å². The Kier molecular flexibility index (Phi) is 6.82. The largest absolute Gasteiger partial charge is 0.396 e. The Balaban J connectivity index is 1.85. The molecule has 0 saturated carbocycles. The minimum absolute atomic E-state index is 0.0716. The average Bonchev–Trinajstić information content (AvgIpc) is 2.61. The number of urea groups is 1. The van der Waals surface area contributed by atoms with Gasteiger partial charge in [-0.2, -0.15) is 0 Å². The predicted octanol–water partition coefficient (Wildman–Crippen LogP) is 2.57. The Morgan fingerprint density at radius 1 is 1.24 bits per heavy atom. The summed E-state index contributed by atoms with van der Waals surface area (Å²) >= 11 is 0. The lowest BCUT2D eigenvalue weighted by molar-refractivity contribution is 0.212. The van der Waals surface area contributed by atoms with Crippen LogP contribution in [0.1, 0.15) is 24.2 Å². The highest BCUT2D eigenvalue weighted by molar-refractivity contribution is 5.74. The van der Waals surface area contributed by atoms with Crippen LogP contribution in [0.5, 0.6) is 0 Å². The van der Waals surface area contributed by atoms with E-state index in [-0.39, 0.29) is 24.6 Å². The highest BCUT2D eigenvalue weighted by atomic mass is 19.2. The SMILES string of the molecule is CC(NC(=O)NCC(CO)Cc1ccccn1)c1cccc(F)c1F. The molecule has 2 unspecified atom stereocenters. The first-order valence-corrected chi connectivity index (χ1v) is 8.00. The molecule has 0 fully saturated rings. The Morgan fingerprint density at radius 2 is 2.04 bits per heavy atom. The summed E-state index contributed by atoms with van der Waals surface area (Å²) in [5.41, 5.74) is 0.890. The minimum Gasteiger partial charge on any atom is -0.396 e. The van der Waals surface area contributed by atoms with Crippen LogP contribution in [-0.2, 0) is 6.42 Å². The summed E-state index contributed by atoms with van der Waals surface area (Å²) in [4.78, 5) is 16.1. The van der Waals surface area contributed by atoms with Gasteiger partial charge in [0.2, 0.25) is 0 Å². The Bertz CT molecular complexity index is 698. The molecule has 5 nitrogen and oxygen atoms in total. The monoisotopic (exact) mass is 349 g/mol. The fourth-order valence-corrected chi connectivity index (χ4v) is 2.43. The third-order valence-electron chi connectivity index (χ3n) is 3.83. The molecule has 134 valence electrons. The maximum absolute atomic E-state index is 13.7. The van der Waals surface area contributed by atoms with E-state index in [4.69, 9.17) is 0 Å². The normalized spacial score (nSPS) is 13.1. The van der Waals surface area contributed by atoms with Crippen molar-refractivity contribution in [3.8, 4) is 0 Å². The van der Waals surface area contributed by atoms with Gasteiger partial charge in [-0.15, -0.1) is 0 Å². The summed E-state index contributed by atoms with van der Waals surface area (Å²) < 4.78 is 27.0. The quantitative estimate of drug-likeness (QED) is 0.719. The summed E-state index contributed by atoms with van der Waals surface area (Å²) in [5, 5.41) is 14.6. The number of aliphatic hydroxyl groups is 1. The topological polar surface area (TPSA) is 74.2 Å². The van der Waals surface area contributed by atoms with Gasteiger partial charge in [-0.05, 0) is 31.5 Å². The number of aromatic nitrogens is 1. The van der Waals surface area contributed by atoms with Crippen molar-refractivity contribution in [3.05, 3.63) is 65.5 Å². The van der Waals surface area contributed by atoms with Gasteiger partial charge >= 0.3 is 6.03 Å². The van der Waals surface area contributed by atoms with E-state index in [1.165, 1.54) is 12.1 Å². The molecule has 25 heavy (non-hydrogen) atoms. The molecule has 2 amide bonds. The molecule has 2 atom stereocenters. The fourth-order valence-electron chi connectivity index (χ4n) is 2.43. The number of rotatable bonds is 7. The number of aliphatic hydroxyl groups excluding tert-OH is 1. The molecular formula is C18H21F2N3O2. The van der Waals surface area contributed by atoms with Crippen molar-refractivity contribution in [3.63, 3.8) is 0 Å². The molecule has 1 heterocycles. The third-order valence-corrected chi connectivity index (χ3v) is 3.83. The number of benzene rings is 1. The van der Waals surface area contributed by atoms with Crippen molar-refractivity contribution in [1.82, 2.24) is 15.6 Å². The van der Waals surface area contributed by atoms with Gasteiger partial charge in [0.05, 0.1) is 6.04 Å². The lowest BCUT2D eigenvalue weighted by Crippen LogP contribution is -2.40. The van der Waals surface area contributed by atoms with Crippen molar-refractivity contribution in [2.45, 2.75) is 19.4 Å². The van der Waals surface area contributed by atoms with Gasteiger partial charge < -0.3 is 15.7 Å². The van der Waals surface area contributed by atoms with Crippen molar-refractivity contribution in [2.24, 2.45) is 5.92 Å². The molecule has 0 aliphatic carbocycles. The van der Waals surface area contributed by atoms with Gasteiger partial charge in [0.1, 0.15) is 0 Å². The van der Waals surface area contributed by atoms with E-state index in [1.54, 1.807) is 19.2 Å². The van der Waals surface area contributed by atoms with Gasteiger partial charge in [-0.25, -0.2) is 13.6 Å². The standard InChI is InChI=1S/C18H21F2N3O2/c1-12(15-6-4-7-16(19)17(15)20)23-18(25)22-10-13(11-24)9-14-5-2-3-8-21-14/h2-8,12-13,24H,9-11H2,1H3,(H2,22,23,25). The van der Waals surface area contributed by atoms with Gasteiger partial charge in [-0.3, -0.25) is 4.98 Å². The van der Waals surface area contributed by atoms with E-state index in [1.807, 2.05) is 12.1 Å². The van der Waals surface area contributed by atoms with Gasteiger partial charge in [-0.1, -0.05) is 18.2 Å². The van der Waals surface area contributed by atoms with E-state index in [0.717, 1.165) is 11.8 Å². The molecule has 0 aliphatic heterocycles. The molecule has 1 aromatic heterocycles. The lowest BCUT2D eigenvalue weighted by atomic mass is 10.0. The van der Waals surface area contributed by atoms with Crippen LogP contribution in [0.3, 0.4) is 0 Å². The molecule has 0 bridgehead atoms. The second-order valence-electron chi connectivity index (χ2n) is 5.79. The first-order chi connectivity index (χ1) is 12.0. The first-order valence-electron chi connectivity index (χ1n) is 8.00. The number of hydrogen-bond acceptors (Lipinski definition) is 3. The van der Waals surface area contributed by atoms with Crippen LogP contribution in [0.4, 0.5) is 13.6 Å². The third kappa shape index (κ3) is 5.49. The molecule has 2 aromatic rings. The van der Waals surface area contributed by atoms with Crippen LogP contribution >= 0.6 is 0 Å². The zero-order valence-electron chi connectivity index (χ0n) is 13.9. The van der Waals surface area contributed by atoms with Crippen LogP contribution in [0, 0.1) is 17.6 Å². The van der Waals surface area contributed by atoms with Crippen molar-refractivity contribution in [1.29, 1.82) is 0 Å². The van der Waals surface area contributed by atoms with Crippen LogP contribution in [0.15, 0.2) is 42.6 Å². The summed E-state index contributed by atoms with van der Waals surface area (Å²) in [6.45, 7) is 1.69. The number of nitrogens with one attached hydrogen (secondary N) is 2. The molecule has 2 rings (SSSR count). The summed E-state index contributed by atoms with van der Waals surface area (Å²) in [6, 6.07) is 8.11. The minimum atomic E-state index is -0.973. The first kappa shape index (κ1) is 18.8. The summed E-state index contributed by atoms with van der Waals surface area (Å²) in [5.74, 6) is -2.12. The zero-order chi connectivity index (χ0) is 18.2. The molecule has 0 aliphatic rings. The fraction of sp³-hybridized carbons (Fsp3) is 0.333. The molecule has 7 heteroatoms. The molecule has 0 radical (unpaired) electrons. The van der Waals surface area contributed by atoms with Crippen molar-refractivity contribution >= 4 is 6.03 Å². The average molecular weight is 349 g/mol. The van der Waals surface area contributed by atoms with Crippen LogP contribution in [0.2, 0.25) is 0 Å². The van der Waals surface area contributed by atoms with Crippen molar-refractivity contribution in [2.75, 3.05) is 13.2 Å². The molecule has 0 spiro atoms. The second-order valence-corrected chi connectivity index (χ2v) is 5.79. The number of pyridine rings is 1. The van der Waals surface area contributed by atoms with Crippen molar-refractivity contribution < 1.29 is 18.7 Å². The number of nitrogens with zero attached hydrogens (tertiary/aromatic N) is 1. The molecular weight excluding hydrogens is 328 g/mol. The highest BCUT2D eigenvalue weighted by Gasteiger charge is 2.17. The van der Waals surface area contributed by atoms with E-state index >= 15 is 0 Å². The van der Waals surface area contributed by atoms with E-state index in [9.17, 15) is 18.7 Å². The number of carbonyl (C=O) groups is 1. The summed E-state index contributed by atoms with van der Waals surface area (Å²) in [7, 11) is 0. The lowest BCUT2D eigenvalue weighted by Gasteiger charge is -2.18. The molecule has 0 saturated heterocycles. The zero-order valence-corrected chi connectivity index (χ0v) is 13.9. The van der Waals surface area contributed by atoms with Crippen LogP contribution in [0.25, 0.3) is 0 Å². The highest BCUT2D eigenvalue weighted by Crippen LogP contribution is 2.18. The second kappa shape index (κ2) is 9.08. The van der Waals surface area contributed by atoms with Crippen LogP contribution < -0.4 is 10.6 Å². The predicted molar refractivity (Wildman–Crippen MR) is 89.8 cm³/mol. The maximum atomic E-state index is 13.7. The number of amides is 2. The van der Waals surface area contributed by atoms with E-state index in [2.05, 4.69) is 15.6 Å². The van der Waals surface area contributed by atoms with E-state index < -0.39 is 23.7 Å². The van der Waals surface area contributed by atoms with Gasteiger partial charge in [0.25, 0.3) is 0 Å². The van der Waals surface area contributed by atoms with Gasteiger partial charge in [0.15, 0.2) is 11.6 Å². The Hall–Kier alpha value is -2.54. The smallest absolute Gasteiger partial charge is 0.315 e. The van der Waals surface area contributed by atoms with E-state index in [0.29, 0.717) is 6.42 Å². The maximum Gasteiger partial charge on any atom is 0.315 e. The number of carbonyl (C=O) groups excluding carboxylic acids is 1. The van der Waals surface area contributed by atoms with Gasteiger partial charge in [0, 0.05) is 36.5 Å². The molecule has 3 N–H and O–H groups in total.